The minimum absolute atomic E-state index is 0.134. The van der Waals surface area contributed by atoms with Gasteiger partial charge in [-0.1, -0.05) is 25.4 Å². The maximum absolute atomic E-state index is 11.7. The third-order valence-electron chi connectivity index (χ3n) is 3.78. The molecule has 0 atom stereocenters. The standard InChI is InChI=1S/C16H19ClN2O2/c1-9(2)19-11-6-12(7-11)21-15-5-10-3-4-18-16(20)13(10)8-14(15)17/h3-5,8-9,11-12,19H,6-7H2,1-2H3,(H,18,20). The Bertz CT molecular complexity index is 705. The van der Waals surface area contributed by atoms with E-state index < -0.39 is 0 Å². The SMILES string of the molecule is CC(C)NC1CC(Oc2cc3cc[nH]c(=O)c3cc2Cl)C1. The van der Waals surface area contributed by atoms with Gasteiger partial charge in [0.1, 0.15) is 11.9 Å². The number of halogens is 1. The van der Waals surface area contributed by atoms with Crippen molar-refractivity contribution in [2.45, 2.75) is 44.9 Å². The Labute approximate surface area is 128 Å². The van der Waals surface area contributed by atoms with Gasteiger partial charge in [-0.15, -0.1) is 0 Å². The Morgan fingerprint density at radius 1 is 1.38 bits per heavy atom. The van der Waals surface area contributed by atoms with Crippen molar-refractivity contribution in [2.24, 2.45) is 0 Å². The number of nitrogens with one attached hydrogen (secondary N) is 2. The second-order valence-corrected chi connectivity index (χ2v) is 6.31. The van der Waals surface area contributed by atoms with Crippen LogP contribution < -0.4 is 15.6 Å². The average Bonchev–Trinajstić information content (AvgIpc) is 2.37. The van der Waals surface area contributed by atoms with E-state index in [-0.39, 0.29) is 11.7 Å². The summed E-state index contributed by atoms with van der Waals surface area (Å²) in [7, 11) is 0. The highest BCUT2D eigenvalue weighted by Crippen LogP contribution is 2.33. The van der Waals surface area contributed by atoms with Gasteiger partial charge in [-0.25, -0.2) is 0 Å². The van der Waals surface area contributed by atoms with E-state index in [0.717, 1.165) is 18.2 Å². The minimum Gasteiger partial charge on any atom is -0.489 e. The van der Waals surface area contributed by atoms with E-state index in [4.69, 9.17) is 16.3 Å². The Hall–Kier alpha value is -1.52. The van der Waals surface area contributed by atoms with Gasteiger partial charge in [-0.3, -0.25) is 4.79 Å². The van der Waals surface area contributed by atoms with E-state index in [0.29, 0.717) is 28.2 Å². The number of hydrogen-bond donors (Lipinski definition) is 2. The van der Waals surface area contributed by atoms with Gasteiger partial charge >= 0.3 is 0 Å². The molecule has 1 heterocycles. The van der Waals surface area contributed by atoms with Gasteiger partial charge in [-0.2, -0.15) is 0 Å². The fourth-order valence-corrected chi connectivity index (χ4v) is 2.94. The van der Waals surface area contributed by atoms with Crippen LogP contribution in [0.5, 0.6) is 5.75 Å². The summed E-state index contributed by atoms with van der Waals surface area (Å²) in [5.74, 6) is 0.655. The zero-order chi connectivity index (χ0) is 15.0. The summed E-state index contributed by atoms with van der Waals surface area (Å²) in [6.07, 6.45) is 3.80. The Morgan fingerprint density at radius 3 is 2.86 bits per heavy atom. The van der Waals surface area contributed by atoms with E-state index in [1.54, 1.807) is 12.3 Å². The second kappa shape index (κ2) is 5.70. The van der Waals surface area contributed by atoms with Crippen LogP contribution in [0.3, 0.4) is 0 Å². The molecular formula is C16H19ClN2O2. The quantitative estimate of drug-likeness (QED) is 0.912. The Morgan fingerprint density at radius 2 is 2.14 bits per heavy atom. The molecule has 0 radical (unpaired) electrons. The predicted molar refractivity (Wildman–Crippen MR) is 85.3 cm³/mol. The van der Waals surface area contributed by atoms with Crippen LogP contribution in [0.2, 0.25) is 5.02 Å². The van der Waals surface area contributed by atoms with Crippen molar-refractivity contribution < 1.29 is 4.74 Å². The van der Waals surface area contributed by atoms with Crippen LogP contribution in [-0.2, 0) is 0 Å². The largest absolute Gasteiger partial charge is 0.489 e. The topological polar surface area (TPSA) is 54.1 Å². The van der Waals surface area contributed by atoms with E-state index in [1.807, 2.05) is 12.1 Å². The molecule has 2 N–H and O–H groups in total. The molecule has 5 heteroatoms. The van der Waals surface area contributed by atoms with Crippen LogP contribution in [-0.4, -0.2) is 23.2 Å². The molecule has 0 amide bonds. The van der Waals surface area contributed by atoms with Crippen molar-refractivity contribution in [2.75, 3.05) is 0 Å². The first-order valence-corrected chi connectivity index (χ1v) is 7.64. The van der Waals surface area contributed by atoms with Gasteiger partial charge in [0.15, 0.2) is 0 Å². The van der Waals surface area contributed by atoms with Crippen LogP contribution >= 0.6 is 11.6 Å². The number of aromatic nitrogens is 1. The Balaban J connectivity index is 1.74. The van der Waals surface area contributed by atoms with Gasteiger partial charge < -0.3 is 15.0 Å². The lowest BCUT2D eigenvalue weighted by molar-refractivity contribution is 0.0817. The highest BCUT2D eigenvalue weighted by atomic mass is 35.5. The number of pyridine rings is 1. The molecule has 0 bridgehead atoms. The van der Waals surface area contributed by atoms with Crippen molar-refractivity contribution in [3.63, 3.8) is 0 Å². The van der Waals surface area contributed by atoms with E-state index in [9.17, 15) is 4.79 Å². The van der Waals surface area contributed by atoms with Gasteiger partial charge in [0.2, 0.25) is 0 Å². The normalized spacial score (nSPS) is 21.5. The van der Waals surface area contributed by atoms with Crippen LogP contribution in [0.25, 0.3) is 10.8 Å². The Kier molecular flexibility index (Phi) is 3.91. The van der Waals surface area contributed by atoms with E-state index in [1.165, 1.54) is 0 Å². The van der Waals surface area contributed by atoms with Gasteiger partial charge in [0.25, 0.3) is 5.56 Å². The summed E-state index contributed by atoms with van der Waals surface area (Å²) in [6.45, 7) is 4.29. The van der Waals surface area contributed by atoms with Crippen molar-refractivity contribution in [3.05, 3.63) is 39.8 Å². The smallest absolute Gasteiger partial charge is 0.255 e. The van der Waals surface area contributed by atoms with Crippen molar-refractivity contribution >= 4 is 22.4 Å². The lowest BCUT2D eigenvalue weighted by Crippen LogP contribution is -2.49. The number of benzene rings is 1. The van der Waals surface area contributed by atoms with Crippen LogP contribution in [0.15, 0.2) is 29.2 Å². The minimum atomic E-state index is -0.134. The lowest BCUT2D eigenvalue weighted by atomic mass is 9.88. The van der Waals surface area contributed by atoms with Crippen LogP contribution in [0, 0.1) is 0 Å². The molecule has 0 saturated heterocycles. The summed E-state index contributed by atoms with van der Waals surface area (Å²) in [6, 6.07) is 6.39. The maximum atomic E-state index is 11.7. The van der Waals surface area contributed by atoms with Crippen LogP contribution in [0.1, 0.15) is 26.7 Å². The molecule has 1 aliphatic rings. The van der Waals surface area contributed by atoms with Crippen molar-refractivity contribution in [1.82, 2.24) is 10.3 Å². The third-order valence-corrected chi connectivity index (χ3v) is 4.08. The summed E-state index contributed by atoms with van der Waals surface area (Å²) in [4.78, 5) is 14.4. The molecule has 0 spiro atoms. The summed E-state index contributed by atoms with van der Waals surface area (Å²) in [5.41, 5.74) is -0.134. The van der Waals surface area contributed by atoms with Gasteiger partial charge in [-0.05, 0) is 36.4 Å². The summed E-state index contributed by atoms with van der Waals surface area (Å²) >= 11 is 6.23. The predicted octanol–water partition coefficient (Wildman–Crippen LogP) is 3.09. The molecule has 21 heavy (non-hydrogen) atoms. The first-order chi connectivity index (χ1) is 10.0. The molecule has 3 rings (SSSR count). The average molecular weight is 307 g/mol. The maximum Gasteiger partial charge on any atom is 0.255 e. The molecule has 0 aliphatic heterocycles. The van der Waals surface area contributed by atoms with Gasteiger partial charge in [0.05, 0.1) is 5.02 Å². The molecule has 1 aromatic heterocycles. The zero-order valence-electron chi connectivity index (χ0n) is 12.2. The zero-order valence-corrected chi connectivity index (χ0v) is 12.9. The molecular weight excluding hydrogens is 288 g/mol. The van der Waals surface area contributed by atoms with Crippen molar-refractivity contribution in [1.29, 1.82) is 0 Å². The molecule has 1 aromatic carbocycles. The molecule has 0 unspecified atom stereocenters. The third kappa shape index (κ3) is 3.06. The summed E-state index contributed by atoms with van der Waals surface area (Å²) < 4.78 is 5.96. The fraction of sp³-hybridized carbons (Fsp3) is 0.438. The van der Waals surface area contributed by atoms with Gasteiger partial charge in [0, 0.05) is 23.7 Å². The number of rotatable bonds is 4. The van der Waals surface area contributed by atoms with Crippen LogP contribution in [0.4, 0.5) is 0 Å². The van der Waals surface area contributed by atoms with E-state index in [2.05, 4.69) is 24.1 Å². The van der Waals surface area contributed by atoms with E-state index >= 15 is 0 Å². The fourth-order valence-electron chi connectivity index (χ4n) is 2.73. The number of H-pyrrole nitrogens is 1. The molecule has 1 saturated carbocycles. The molecule has 112 valence electrons. The number of hydrogen-bond acceptors (Lipinski definition) is 3. The summed E-state index contributed by atoms with van der Waals surface area (Å²) in [5, 5.41) is 5.40. The lowest BCUT2D eigenvalue weighted by Gasteiger charge is -2.37. The number of ether oxygens (including phenoxy) is 1. The number of aromatic amines is 1. The van der Waals surface area contributed by atoms with Crippen molar-refractivity contribution in [3.8, 4) is 5.75 Å². The molecule has 1 fully saturated rings. The molecule has 4 nitrogen and oxygen atoms in total. The highest BCUT2D eigenvalue weighted by molar-refractivity contribution is 6.32. The molecule has 2 aromatic rings. The molecule has 1 aliphatic carbocycles. The highest BCUT2D eigenvalue weighted by Gasteiger charge is 2.31. The second-order valence-electron chi connectivity index (χ2n) is 5.91. The first-order valence-electron chi connectivity index (χ1n) is 7.26. The monoisotopic (exact) mass is 306 g/mol. The first kappa shape index (κ1) is 14.4. The number of fused-ring (bicyclic) bond motifs is 1.